The maximum atomic E-state index is 15.1. The van der Waals surface area contributed by atoms with Crippen LogP contribution in [-0.4, -0.2) is 245 Å². The first-order valence-electron chi connectivity index (χ1n) is 31.5. The van der Waals surface area contributed by atoms with Crippen LogP contribution in [0.3, 0.4) is 0 Å². The predicted octanol–water partition coefficient (Wildman–Crippen LogP) is -3.50. The van der Waals surface area contributed by atoms with Gasteiger partial charge in [0.1, 0.15) is 67.1 Å². The average Bonchev–Trinajstić information content (AvgIpc) is 1.08. The van der Waals surface area contributed by atoms with Gasteiger partial charge in [0, 0.05) is 54.5 Å². The highest BCUT2D eigenvalue weighted by molar-refractivity contribution is 7.80. The molecular weight excluding hydrogens is 1340 g/mol. The lowest BCUT2D eigenvalue weighted by Gasteiger charge is -2.48. The maximum absolute atomic E-state index is 15.1. The van der Waals surface area contributed by atoms with Crippen LogP contribution in [-0.2, 0) is 115 Å². The van der Waals surface area contributed by atoms with E-state index in [1.165, 1.54) is 46.4 Å². The van der Waals surface area contributed by atoms with Gasteiger partial charge in [-0.1, -0.05) is 52.1 Å². The van der Waals surface area contributed by atoms with Crippen LogP contribution in [0.2, 0.25) is 0 Å². The summed E-state index contributed by atoms with van der Waals surface area (Å²) >= 11 is 10.8. The summed E-state index contributed by atoms with van der Waals surface area (Å²) in [6.07, 6.45) is -14.7. The number of nitrogens with zero attached hydrogens (tertiary/aromatic N) is 1. The van der Waals surface area contributed by atoms with E-state index < -0.39 is 231 Å². The maximum Gasteiger partial charge on any atom is 0.303 e. The van der Waals surface area contributed by atoms with Gasteiger partial charge in [0.2, 0.25) is 53.2 Å². The number of nitrogens with one attached hydrogen (secondary N) is 9. The molecule has 0 bridgehead atoms. The van der Waals surface area contributed by atoms with E-state index in [-0.39, 0.29) is 41.7 Å². The monoisotopic (exact) mass is 1430 g/mol. The summed E-state index contributed by atoms with van der Waals surface area (Å²) in [7, 11) is 0. The summed E-state index contributed by atoms with van der Waals surface area (Å²) in [6, 6.07) is -11.7. The molecule has 0 radical (unpaired) electrons. The van der Waals surface area contributed by atoms with E-state index in [1.54, 1.807) is 13.8 Å². The zero-order valence-corrected chi connectivity index (χ0v) is 58.8. The molecule has 3 saturated heterocycles. The number of rotatable bonds is 35. The zero-order chi connectivity index (χ0) is 74.2. The molecule has 12 N–H and O–H groups in total. The number of carboxylic acids is 1. The lowest BCUT2D eigenvalue weighted by Crippen LogP contribution is -2.69. The van der Waals surface area contributed by atoms with Crippen LogP contribution >= 0.6 is 24.4 Å². The van der Waals surface area contributed by atoms with Crippen molar-refractivity contribution in [2.24, 2.45) is 17.6 Å². The van der Waals surface area contributed by atoms with Crippen molar-refractivity contribution in [1.29, 1.82) is 0 Å². The molecule has 98 heavy (non-hydrogen) atoms. The van der Waals surface area contributed by atoms with Crippen molar-refractivity contribution >= 4 is 123 Å². The molecule has 36 nitrogen and oxygen atoms in total. The third kappa shape index (κ3) is 27.5. The summed E-state index contributed by atoms with van der Waals surface area (Å²) in [6.45, 7) is 15.8. The van der Waals surface area contributed by atoms with Gasteiger partial charge >= 0.3 is 35.8 Å². The Morgan fingerprint density at radius 1 is 0.571 bits per heavy atom. The largest absolute Gasteiger partial charge is 0.481 e. The molecule has 3 rings (SSSR count). The fraction of sp³-hybridized carbons (Fsp3) is 0.717. The van der Waals surface area contributed by atoms with Crippen molar-refractivity contribution in [1.82, 2.24) is 52.8 Å². The molecule has 3 heterocycles. The highest BCUT2D eigenvalue weighted by Crippen LogP contribution is 2.33. The number of carbonyl (C=O) groups excluding carboxylic acids is 14. The molecule has 0 saturated carbocycles. The molecule has 9 amide bonds. The number of esters is 5. The quantitative estimate of drug-likeness (QED) is 0.0167. The Hall–Kier alpha value is -8.33. The number of carbonyl (C=O) groups is 15. The number of nitrogens with two attached hydrogens (primary N) is 1. The van der Waals surface area contributed by atoms with Gasteiger partial charge in [-0.05, 0) is 65.2 Å². The van der Waals surface area contributed by atoms with Crippen LogP contribution in [0.25, 0.3) is 0 Å². The number of amides is 9. The average molecular weight is 1430 g/mol. The molecule has 0 unspecified atom stereocenters. The van der Waals surface area contributed by atoms with Crippen LogP contribution in [0.5, 0.6) is 0 Å². The molecule has 0 aromatic carbocycles. The number of hydrogen-bond acceptors (Lipinski definition) is 26. The number of thiocarbonyl (C=S) groups is 2. The lowest BCUT2D eigenvalue weighted by atomic mass is 9.95. The van der Waals surface area contributed by atoms with Gasteiger partial charge in [-0.25, -0.2) is 0 Å². The van der Waals surface area contributed by atoms with Crippen molar-refractivity contribution in [3.8, 4) is 0 Å². The van der Waals surface area contributed by atoms with E-state index in [4.69, 9.17) is 72.8 Å². The van der Waals surface area contributed by atoms with Crippen molar-refractivity contribution in [3.63, 3.8) is 0 Å². The van der Waals surface area contributed by atoms with Crippen molar-refractivity contribution in [2.75, 3.05) is 32.8 Å². The molecule has 0 aliphatic carbocycles. The van der Waals surface area contributed by atoms with Gasteiger partial charge in [0.25, 0.3) is 0 Å². The third-order valence-corrected chi connectivity index (χ3v) is 15.2. The van der Waals surface area contributed by atoms with Crippen LogP contribution in [0.4, 0.5) is 0 Å². The topological polar surface area (TPSA) is 497 Å². The van der Waals surface area contributed by atoms with E-state index in [1.807, 2.05) is 0 Å². The van der Waals surface area contributed by atoms with E-state index >= 15 is 4.79 Å². The Labute approximate surface area is 576 Å². The molecule has 38 heteroatoms. The number of aliphatic carboxylic acids is 1. The summed E-state index contributed by atoms with van der Waals surface area (Å²) in [5.41, 5.74) is 5.18. The van der Waals surface area contributed by atoms with Crippen LogP contribution in [0, 0.1) is 11.8 Å². The number of likely N-dealkylation sites (tertiary alicyclic amines) is 1. The second-order valence-electron chi connectivity index (χ2n) is 24.3. The number of carboxylic acid groups (broad SMARTS) is 1. The zero-order valence-electron chi connectivity index (χ0n) is 57.1. The van der Waals surface area contributed by atoms with Gasteiger partial charge in [0.15, 0.2) is 37.0 Å². The van der Waals surface area contributed by atoms with Gasteiger partial charge in [-0.15, -0.1) is 0 Å². The van der Waals surface area contributed by atoms with Crippen molar-refractivity contribution < 1.29 is 120 Å². The smallest absolute Gasteiger partial charge is 0.303 e. The third-order valence-electron chi connectivity index (χ3n) is 14.9. The first-order chi connectivity index (χ1) is 45.7. The first-order valence-corrected chi connectivity index (χ1v) is 32.3. The normalized spacial score (nSPS) is 23.8. The van der Waals surface area contributed by atoms with Crippen molar-refractivity contribution in [3.05, 3.63) is 0 Å². The highest BCUT2D eigenvalue weighted by atomic mass is 32.1. The van der Waals surface area contributed by atoms with Crippen LogP contribution < -0.4 is 53.6 Å². The minimum atomic E-state index is -1.95. The molecule has 3 aliphatic rings. The summed E-state index contributed by atoms with van der Waals surface area (Å²) in [4.78, 5) is 198. The predicted molar refractivity (Wildman–Crippen MR) is 345 cm³/mol. The first kappa shape index (κ1) is 83.9. The second kappa shape index (κ2) is 39.9. The summed E-state index contributed by atoms with van der Waals surface area (Å²) in [5, 5.41) is 32.5. The van der Waals surface area contributed by atoms with Crippen LogP contribution in [0.15, 0.2) is 0 Å². The highest BCUT2D eigenvalue weighted by Gasteiger charge is 2.55. The Bertz CT molecular complexity index is 2940. The standard InChI is InChI=1S/C60H93N11O25S2/c1-25(2)20-38(68-54(83)37(65-29(7)72)17-18-44(80)81)55(84)64-27(5)53(82)70-46(58(87)69-45(26(3)4)57(86)63-22-43(79)71-19-15-16-39(71)56(85)62-21-42(61)78)28(6)90-60-48(67-31(9)98)52(94-36(14)77)50(92-34(12)75)41(96-60)24-89-59-47(66-30(8)97)51(93-35(13)76)49(91-33(11)74)40(95-59)23-88-32(10)73/h25-28,37-41,45-52,59-60H,15-24H2,1-14H3,(H2,61,78)(H,62,85)(H,63,86)(H,64,84)(H,65,72)(H,66,97)(H,67,98)(H,68,83)(H,69,87)(H,70,82)(H,80,81)/t27-,28+,37-,38-,39-,40+,41+,45-,46-,47+,48+,49-,50-,51+,52+,59-,60-/m0/s1. The van der Waals surface area contributed by atoms with Crippen LogP contribution in [0.1, 0.15) is 129 Å². The van der Waals surface area contributed by atoms with E-state index in [0.29, 0.717) is 6.42 Å². The summed E-state index contributed by atoms with van der Waals surface area (Å²) in [5.74, 6) is -14.6. The lowest BCUT2D eigenvalue weighted by molar-refractivity contribution is -0.311. The Morgan fingerprint density at radius 3 is 1.57 bits per heavy atom. The number of primary amides is 1. The number of hydrogen-bond donors (Lipinski definition) is 11. The Kier molecular flexibility index (Phi) is 34.2. The summed E-state index contributed by atoms with van der Waals surface area (Å²) < 4.78 is 53.9. The van der Waals surface area contributed by atoms with Gasteiger partial charge in [-0.3, -0.25) is 71.9 Å². The Balaban J connectivity index is 2.21. The molecule has 3 fully saturated rings. The minimum Gasteiger partial charge on any atom is -0.481 e. The molecule has 17 atom stereocenters. The van der Waals surface area contributed by atoms with E-state index in [2.05, 4.69) is 47.9 Å². The fourth-order valence-corrected chi connectivity index (χ4v) is 11.0. The second-order valence-corrected chi connectivity index (χ2v) is 25.5. The molecule has 3 aliphatic heterocycles. The molecule has 0 aromatic heterocycles. The molecule has 0 aromatic rings. The van der Waals surface area contributed by atoms with E-state index in [0.717, 1.165) is 41.5 Å². The molecular formula is C60H93N11O25S2. The Morgan fingerprint density at radius 2 is 1.08 bits per heavy atom. The van der Waals surface area contributed by atoms with Crippen molar-refractivity contribution in [2.45, 2.75) is 233 Å². The van der Waals surface area contributed by atoms with E-state index in [9.17, 15) is 72.2 Å². The SMILES string of the molecule is CC(=O)N[C@@H](CCC(=O)O)C(=O)N[C@@H](CC(C)C)C(=O)N[C@@H](C)C(=O)N[C@H](C(=O)N[C@H](C(=O)NCC(=O)N1CCC[C@H]1C(=O)NCC(N)=O)C(C)C)[C@@H](C)O[C@H]1O[C@H](CO[C@H]2O[C@H](COC(C)=O)[C@H](OC(C)=O)[C@H](OC(C)=O)[C@H]2NC(C)=S)[C@H](OC(C)=O)[C@H](OC(C)=O)[C@H]1NC(C)=S. The van der Waals surface area contributed by atoms with Gasteiger partial charge in [0.05, 0.1) is 35.8 Å². The number of ether oxygens (including phenoxy) is 9. The minimum absolute atomic E-state index is 0.00639. The molecule has 550 valence electrons. The molecule has 0 spiro atoms. The fourth-order valence-electron chi connectivity index (χ4n) is 10.7. The van der Waals surface area contributed by atoms with Gasteiger partial charge < -0.3 is 106 Å². The van der Waals surface area contributed by atoms with Gasteiger partial charge in [-0.2, -0.15) is 0 Å².